The molecule has 1 aromatic heterocycles. The van der Waals surface area contributed by atoms with Gasteiger partial charge in [0.2, 0.25) is 5.95 Å². The van der Waals surface area contributed by atoms with Crippen molar-refractivity contribution in [3.05, 3.63) is 45.1 Å². The molecule has 0 amide bonds. The van der Waals surface area contributed by atoms with Gasteiger partial charge in [0.15, 0.2) is 5.82 Å². The third-order valence-corrected chi connectivity index (χ3v) is 9.27. The fraction of sp³-hybridized carbons (Fsp3) is 0.607. The van der Waals surface area contributed by atoms with Gasteiger partial charge in [0.05, 0.1) is 11.7 Å². The lowest BCUT2D eigenvalue weighted by molar-refractivity contribution is -0.160. The first-order chi connectivity index (χ1) is 18.2. The van der Waals surface area contributed by atoms with Crippen molar-refractivity contribution in [1.29, 1.82) is 0 Å². The molecular formula is C28H36Cl2FN5O2. The first-order valence-electron chi connectivity index (χ1n) is 13.4. The highest BCUT2D eigenvalue weighted by Gasteiger charge is 2.47. The zero-order valence-electron chi connectivity index (χ0n) is 22.2. The lowest BCUT2D eigenvalue weighted by Gasteiger charge is -2.52. The number of nitrogens with zero attached hydrogens (tertiary/aromatic N) is 4. The number of aryl methyl sites for hydroxylation is 1. The number of carbonyl (C=O) groups is 1. The summed E-state index contributed by atoms with van der Waals surface area (Å²) in [6.07, 6.45) is 4.20. The molecule has 38 heavy (non-hydrogen) atoms. The zero-order chi connectivity index (χ0) is 27.0. The number of alkyl halides is 1. The number of hydrogen-bond acceptors (Lipinski definition) is 7. The van der Waals surface area contributed by atoms with E-state index in [1.54, 1.807) is 0 Å². The van der Waals surface area contributed by atoms with Crippen LogP contribution in [0.15, 0.2) is 18.2 Å². The van der Waals surface area contributed by atoms with E-state index in [4.69, 9.17) is 32.9 Å². The smallest absolute Gasteiger partial charge is 0.293 e. The van der Waals surface area contributed by atoms with Crippen molar-refractivity contribution in [2.24, 2.45) is 11.8 Å². The summed E-state index contributed by atoms with van der Waals surface area (Å²) in [4.78, 5) is 24.6. The van der Waals surface area contributed by atoms with Gasteiger partial charge < -0.3 is 15.0 Å². The summed E-state index contributed by atoms with van der Waals surface area (Å²) in [5, 5.41) is 4.20. The van der Waals surface area contributed by atoms with E-state index in [1.807, 2.05) is 39.0 Å². The summed E-state index contributed by atoms with van der Waals surface area (Å²) in [5.41, 5.74) is 1.89. The molecule has 1 aromatic carbocycles. The summed E-state index contributed by atoms with van der Waals surface area (Å²) < 4.78 is 19.1. The van der Waals surface area contributed by atoms with Crippen LogP contribution in [0.5, 0.6) is 0 Å². The average molecular weight is 565 g/mol. The van der Waals surface area contributed by atoms with Crippen molar-refractivity contribution in [3.8, 4) is 0 Å². The molecule has 2 atom stereocenters. The van der Waals surface area contributed by atoms with Crippen LogP contribution in [0.3, 0.4) is 0 Å². The monoisotopic (exact) mass is 563 g/mol. The largest absolute Gasteiger partial charge is 0.461 e. The van der Waals surface area contributed by atoms with Gasteiger partial charge in [-0.1, -0.05) is 35.3 Å². The van der Waals surface area contributed by atoms with E-state index in [0.717, 1.165) is 50.1 Å². The second-order valence-electron chi connectivity index (χ2n) is 11.4. The van der Waals surface area contributed by atoms with Gasteiger partial charge in [0.25, 0.3) is 6.47 Å². The molecule has 7 nitrogen and oxygen atoms in total. The van der Waals surface area contributed by atoms with Gasteiger partial charge in [-0.2, -0.15) is 4.98 Å². The molecule has 1 saturated carbocycles. The van der Waals surface area contributed by atoms with Crippen molar-refractivity contribution in [2.45, 2.75) is 70.8 Å². The lowest BCUT2D eigenvalue weighted by atomic mass is 9.73. The number of anilines is 2. The fourth-order valence-corrected chi connectivity index (χ4v) is 6.80. The molecule has 5 rings (SSSR count). The minimum absolute atomic E-state index is 0.168. The number of hydrogen-bond donors (Lipinski definition) is 1. The standard InChI is InChI=1S/C28H36Cl2FN5O2/c1-17-6-7-22(23(29)9-17)18(2)32-26-25(30)24(12-31)33-27(34-26)36-14-20(15-36)19-5-4-8-35(13-19)21-10-28(3,11-21)38-16-37/h6-7,9,16,18-21H,4-5,8,10-15H2,1-3H3,(H,32,33,34)/t18-,19+,21?,28?/m1/s1. The van der Waals surface area contributed by atoms with Crippen LogP contribution in [-0.2, 0) is 16.2 Å². The molecule has 1 aliphatic carbocycles. The van der Waals surface area contributed by atoms with Gasteiger partial charge >= 0.3 is 0 Å². The second-order valence-corrected chi connectivity index (χ2v) is 12.2. The first-order valence-corrected chi connectivity index (χ1v) is 14.2. The molecule has 3 aliphatic rings. The van der Waals surface area contributed by atoms with Crippen LogP contribution >= 0.6 is 23.2 Å². The number of piperidine rings is 1. The topological polar surface area (TPSA) is 70.6 Å². The number of ether oxygens (including phenoxy) is 1. The minimum atomic E-state index is -0.758. The molecule has 2 aromatic rings. The minimum Gasteiger partial charge on any atom is -0.461 e. The van der Waals surface area contributed by atoms with Crippen molar-refractivity contribution >= 4 is 41.4 Å². The molecule has 0 spiro atoms. The number of nitrogens with one attached hydrogen (secondary N) is 1. The van der Waals surface area contributed by atoms with Crippen molar-refractivity contribution < 1.29 is 13.9 Å². The quantitative estimate of drug-likeness (QED) is 0.376. The maximum atomic E-state index is 13.9. The third-order valence-electron chi connectivity index (χ3n) is 8.54. The fourth-order valence-electron chi connectivity index (χ4n) is 6.21. The van der Waals surface area contributed by atoms with E-state index in [2.05, 4.69) is 20.1 Å². The Hall–Kier alpha value is -2.16. The van der Waals surface area contributed by atoms with Crippen LogP contribution in [0.4, 0.5) is 16.2 Å². The summed E-state index contributed by atoms with van der Waals surface area (Å²) in [6, 6.07) is 6.23. The predicted octanol–water partition coefficient (Wildman–Crippen LogP) is 5.98. The van der Waals surface area contributed by atoms with Crippen molar-refractivity contribution in [3.63, 3.8) is 0 Å². The van der Waals surface area contributed by atoms with Gasteiger partial charge in [-0.15, -0.1) is 0 Å². The molecule has 0 unspecified atom stereocenters. The van der Waals surface area contributed by atoms with E-state index in [9.17, 15) is 9.18 Å². The van der Waals surface area contributed by atoms with E-state index < -0.39 is 6.67 Å². The Morgan fingerprint density at radius 2 is 2.00 bits per heavy atom. The molecule has 0 radical (unpaired) electrons. The summed E-state index contributed by atoms with van der Waals surface area (Å²) in [7, 11) is 0. The Balaban J connectivity index is 1.22. The summed E-state index contributed by atoms with van der Waals surface area (Å²) in [5.74, 6) is 2.08. The third kappa shape index (κ3) is 5.58. The van der Waals surface area contributed by atoms with Crippen LogP contribution in [0, 0.1) is 18.8 Å². The number of benzene rings is 1. The molecule has 0 bridgehead atoms. The van der Waals surface area contributed by atoms with Gasteiger partial charge in [-0.25, -0.2) is 9.37 Å². The number of halogens is 3. The molecule has 2 saturated heterocycles. The lowest BCUT2D eigenvalue weighted by Crippen LogP contribution is -2.59. The zero-order valence-corrected chi connectivity index (χ0v) is 23.7. The Kier molecular flexibility index (Phi) is 8.04. The normalized spacial score (nSPS) is 26.8. The van der Waals surface area contributed by atoms with Crippen molar-refractivity contribution in [2.75, 3.05) is 36.4 Å². The predicted molar refractivity (Wildman–Crippen MR) is 149 cm³/mol. The Morgan fingerprint density at radius 1 is 1.24 bits per heavy atom. The van der Waals surface area contributed by atoms with E-state index in [0.29, 0.717) is 41.1 Å². The van der Waals surface area contributed by atoms with Crippen LogP contribution in [0.1, 0.15) is 62.4 Å². The summed E-state index contributed by atoms with van der Waals surface area (Å²) >= 11 is 13.0. The van der Waals surface area contributed by atoms with Crippen LogP contribution in [0.25, 0.3) is 0 Å². The maximum absolute atomic E-state index is 13.9. The van der Waals surface area contributed by atoms with Gasteiger partial charge in [-0.05, 0) is 69.2 Å². The molecule has 10 heteroatoms. The molecule has 206 valence electrons. The Morgan fingerprint density at radius 3 is 2.68 bits per heavy atom. The Labute approximate surface area is 234 Å². The maximum Gasteiger partial charge on any atom is 0.293 e. The van der Waals surface area contributed by atoms with E-state index in [-0.39, 0.29) is 22.4 Å². The van der Waals surface area contributed by atoms with Gasteiger partial charge in [-0.3, -0.25) is 9.69 Å². The average Bonchev–Trinajstić information content (AvgIpc) is 2.83. The van der Waals surface area contributed by atoms with Crippen LogP contribution in [-0.4, -0.2) is 59.2 Å². The van der Waals surface area contributed by atoms with E-state index in [1.165, 1.54) is 12.8 Å². The second kappa shape index (κ2) is 11.1. The van der Waals surface area contributed by atoms with Crippen LogP contribution in [0.2, 0.25) is 10.0 Å². The van der Waals surface area contributed by atoms with Gasteiger partial charge in [0, 0.05) is 43.5 Å². The molecule has 1 N–H and O–H groups in total. The highest BCUT2D eigenvalue weighted by Crippen LogP contribution is 2.42. The SMILES string of the molecule is Cc1ccc([C@@H](C)Nc2nc(N3CC([C@H]4CCCN(C5CC(C)(OC=O)C5)C4)C3)nc(CF)c2Cl)c(Cl)c1. The molecular weight excluding hydrogens is 528 g/mol. The number of carbonyl (C=O) groups excluding carboxylic acids is 1. The highest BCUT2D eigenvalue weighted by molar-refractivity contribution is 6.33. The summed E-state index contributed by atoms with van der Waals surface area (Å²) in [6.45, 7) is 9.67. The number of rotatable bonds is 9. The highest BCUT2D eigenvalue weighted by atomic mass is 35.5. The van der Waals surface area contributed by atoms with Crippen LogP contribution < -0.4 is 10.2 Å². The molecule has 3 heterocycles. The molecule has 2 aliphatic heterocycles. The van der Waals surface area contributed by atoms with Crippen molar-refractivity contribution in [1.82, 2.24) is 14.9 Å². The first kappa shape index (κ1) is 27.4. The Bertz CT molecular complexity index is 1170. The van der Waals surface area contributed by atoms with E-state index >= 15 is 0 Å². The number of likely N-dealkylation sites (tertiary alicyclic amines) is 1. The number of aromatic nitrogens is 2. The molecule has 3 fully saturated rings. The van der Waals surface area contributed by atoms with Gasteiger partial charge in [0.1, 0.15) is 17.3 Å².